The highest BCUT2D eigenvalue weighted by molar-refractivity contribution is 7.09. The van der Waals surface area contributed by atoms with Crippen LogP contribution >= 0.6 is 11.3 Å². The van der Waals surface area contributed by atoms with Crippen molar-refractivity contribution in [2.75, 3.05) is 0 Å². The number of nitrogens with zero attached hydrogens (tertiary/aromatic N) is 1. The third-order valence-electron chi connectivity index (χ3n) is 2.27. The van der Waals surface area contributed by atoms with Gasteiger partial charge in [-0.25, -0.2) is 9.37 Å². The fraction of sp³-hybridized carbons (Fsp3) is 0.250. The van der Waals surface area contributed by atoms with Gasteiger partial charge in [0, 0.05) is 11.8 Å². The summed E-state index contributed by atoms with van der Waals surface area (Å²) >= 11 is 1.51. The normalized spacial score (nSPS) is 12.7. The SMILES string of the molecule is CC(O)c1csc(Cc2ccc(F)cc2)n1. The van der Waals surface area contributed by atoms with Gasteiger partial charge in [0.1, 0.15) is 5.82 Å². The summed E-state index contributed by atoms with van der Waals surface area (Å²) in [5.74, 6) is -0.229. The van der Waals surface area contributed by atoms with Gasteiger partial charge in [0.25, 0.3) is 0 Å². The minimum absolute atomic E-state index is 0.229. The van der Waals surface area contributed by atoms with Crippen LogP contribution in [0, 0.1) is 5.82 Å². The summed E-state index contributed by atoms with van der Waals surface area (Å²) in [7, 11) is 0. The fourth-order valence-corrected chi connectivity index (χ4v) is 2.29. The van der Waals surface area contributed by atoms with E-state index >= 15 is 0 Å². The van der Waals surface area contributed by atoms with Crippen molar-refractivity contribution >= 4 is 11.3 Å². The van der Waals surface area contributed by atoms with Crippen LogP contribution in [0.4, 0.5) is 4.39 Å². The maximum Gasteiger partial charge on any atom is 0.123 e. The molecular weight excluding hydrogens is 225 g/mol. The van der Waals surface area contributed by atoms with Gasteiger partial charge in [-0.05, 0) is 24.6 Å². The predicted octanol–water partition coefficient (Wildman–Crippen LogP) is 2.93. The summed E-state index contributed by atoms with van der Waals surface area (Å²) in [4.78, 5) is 4.30. The lowest BCUT2D eigenvalue weighted by atomic mass is 10.1. The number of thiazole rings is 1. The van der Waals surface area contributed by atoms with Crippen LogP contribution in [0.3, 0.4) is 0 Å². The summed E-state index contributed by atoms with van der Waals surface area (Å²) < 4.78 is 12.7. The second-order valence-electron chi connectivity index (χ2n) is 3.65. The van der Waals surface area contributed by atoms with Crippen LogP contribution in [0.1, 0.15) is 29.3 Å². The first kappa shape index (κ1) is 11.2. The molecule has 0 aliphatic carbocycles. The lowest BCUT2D eigenvalue weighted by Crippen LogP contribution is -1.93. The highest BCUT2D eigenvalue weighted by Gasteiger charge is 2.07. The van der Waals surface area contributed by atoms with Crippen LogP contribution in [0.2, 0.25) is 0 Å². The summed E-state index contributed by atoms with van der Waals surface area (Å²) in [5.41, 5.74) is 1.72. The van der Waals surface area contributed by atoms with E-state index in [-0.39, 0.29) is 5.82 Å². The first-order valence-corrected chi connectivity index (χ1v) is 5.90. The van der Waals surface area contributed by atoms with Gasteiger partial charge in [-0.1, -0.05) is 12.1 Å². The molecule has 0 radical (unpaired) electrons. The van der Waals surface area contributed by atoms with E-state index in [4.69, 9.17) is 0 Å². The van der Waals surface area contributed by atoms with Crippen molar-refractivity contribution < 1.29 is 9.50 Å². The van der Waals surface area contributed by atoms with Crippen LogP contribution in [0.5, 0.6) is 0 Å². The van der Waals surface area contributed by atoms with E-state index in [2.05, 4.69) is 4.98 Å². The molecule has 0 saturated carbocycles. The molecule has 0 amide bonds. The minimum Gasteiger partial charge on any atom is -0.387 e. The molecule has 2 aromatic rings. The largest absolute Gasteiger partial charge is 0.387 e. The maximum absolute atomic E-state index is 12.7. The number of aliphatic hydroxyl groups excluding tert-OH is 1. The van der Waals surface area contributed by atoms with Crippen LogP contribution in [-0.2, 0) is 6.42 Å². The van der Waals surface area contributed by atoms with Gasteiger partial charge in [-0.15, -0.1) is 11.3 Å². The highest BCUT2D eigenvalue weighted by atomic mass is 32.1. The maximum atomic E-state index is 12.7. The third kappa shape index (κ3) is 2.65. The molecule has 1 aromatic carbocycles. The Morgan fingerprint density at radius 1 is 1.38 bits per heavy atom. The van der Waals surface area contributed by atoms with Crippen molar-refractivity contribution in [3.8, 4) is 0 Å². The second kappa shape index (κ2) is 4.72. The molecule has 0 bridgehead atoms. The molecule has 4 heteroatoms. The van der Waals surface area contributed by atoms with Gasteiger partial charge in [-0.2, -0.15) is 0 Å². The average Bonchev–Trinajstić information content (AvgIpc) is 2.70. The van der Waals surface area contributed by atoms with Gasteiger partial charge in [-0.3, -0.25) is 0 Å². The number of aliphatic hydroxyl groups is 1. The number of aromatic nitrogens is 1. The molecule has 0 aliphatic heterocycles. The Bertz CT molecular complexity index is 464. The zero-order valence-corrected chi connectivity index (χ0v) is 9.67. The van der Waals surface area contributed by atoms with Crippen molar-refractivity contribution in [2.45, 2.75) is 19.4 Å². The van der Waals surface area contributed by atoms with E-state index < -0.39 is 6.10 Å². The topological polar surface area (TPSA) is 33.1 Å². The third-order valence-corrected chi connectivity index (χ3v) is 3.13. The quantitative estimate of drug-likeness (QED) is 0.890. The van der Waals surface area contributed by atoms with E-state index in [0.717, 1.165) is 10.6 Å². The number of hydrogen-bond acceptors (Lipinski definition) is 3. The average molecular weight is 237 g/mol. The number of rotatable bonds is 3. The Morgan fingerprint density at radius 3 is 2.62 bits per heavy atom. The first-order chi connectivity index (χ1) is 7.65. The summed E-state index contributed by atoms with van der Waals surface area (Å²) in [6.45, 7) is 1.69. The van der Waals surface area contributed by atoms with Gasteiger partial charge >= 0.3 is 0 Å². The van der Waals surface area contributed by atoms with Crippen molar-refractivity contribution in [3.63, 3.8) is 0 Å². The Hall–Kier alpha value is -1.26. The Morgan fingerprint density at radius 2 is 2.06 bits per heavy atom. The molecule has 0 aliphatic rings. The molecule has 1 aromatic heterocycles. The molecule has 1 heterocycles. The van der Waals surface area contributed by atoms with Gasteiger partial charge in [0.15, 0.2) is 0 Å². The molecule has 1 N–H and O–H groups in total. The van der Waals surface area contributed by atoms with Crippen LogP contribution in [0.15, 0.2) is 29.6 Å². The Labute approximate surface area is 97.4 Å². The number of hydrogen-bond donors (Lipinski definition) is 1. The smallest absolute Gasteiger partial charge is 0.123 e. The molecule has 84 valence electrons. The molecule has 2 nitrogen and oxygen atoms in total. The molecule has 16 heavy (non-hydrogen) atoms. The predicted molar refractivity (Wildman–Crippen MR) is 62.0 cm³/mol. The first-order valence-electron chi connectivity index (χ1n) is 5.02. The van der Waals surface area contributed by atoms with Gasteiger partial charge in [0.2, 0.25) is 0 Å². The molecule has 0 spiro atoms. The molecular formula is C12H12FNOS. The minimum atomic E-state index is -0.529. The van der Waals surface area contributed by atoms with Crippen molar-refractivity contribution in [2.24, 2.45) is 0 Å². The van der Waals surface area contributed by atoms with E-state index in [1.54, 1.807) is 19.1 Å². The lowest BCUT2D eigenvalue weighted by molar-refractivity contribution is 0.195. The second-order valence-corrected chi connectivity index (χ2v) is 4.59. The monoisotopic (exact) mass is 237 g/mol. The zero-order chi connectivity index (χ0) is 11.5. The Kier molecular flexibility index (Phi) is 3.31. The van der Waals surface area contributed by atoms with Crippen molar-refractivity contribution in [3.05, 3.63) is 51.7 Å². The van der Waals surface area contributed by atoms with E-state index in [9.17, 15) is 9.50 Å². The molecule has 0 fully saturated rings. The Balaban J connectivity index is 2.11. The molecule has 2 rings (SSSR count). The number of halogens is 1. The molecule has 0 saturated heterocycles. The van der Waals surface area contributed by atoms with Crippen LogP contribution in [-0.4, -0.2) is 10.1 Å². The molecule has 1 unspecified atom stereocenters. The lowest BCUT2D eigenvalue weighted by Gasteiger charge is -1.98. The van der Waals surface area contributed by atoms with Crippen molar-refractivity contribution in [1.82, 2.24) is 4.98 Å². The highest BCUT2D eigenvalue weighted by Crippen LogP contribution is 2.19. The van der Waals surface area contributed by atoms with Gasteiger partial charge < -0.3 is 5.11 Å². The van der Waals surface area contributed by atoms with E-state index in [1.807, 2.05) is 5.38 Å². The van der Waals surface area contributed by atoms with E-state index in [0.29, 0.717) is 12.1 Å². The van der Waals surface area contributed by atoms with Crippen molar-refractivity contribution in [1.29, 1.82) is 0 Å². The van der Waals surface area contributed by atoms with Crippen LogP contribution < -0.4 is 0 Å². The molecule has 1 atom stereocenters. The standard InChI is InChI=1S/C12H12FNOS/c1-8(15)11-7-16-12(14-11)6-9-2-4-10(13)5-3-9/h2-5,7-8,15H,6H2,1H3. The zero-order valence-electron chi connectivity index (χ0n) is 8.85. The van der Waals surface area contributed by atoms with Crippen LogP contribution in [0.25, 0.3) is 0 Å². The fourth-order valence-electron chi connectivity index (χ4n) is 1.38. The van der Waals surface area contributed by atoms with Gasteiger partial charge in [0.05, 0.1) is 16.8 Å². The van der Waals surface area contributed by atoms with E-state index in [1.165, 1.54) is 23.5 Å². The summed E-state index contributed by atoms with van der Waals surface area (Å²) in [5, 5.41) is 12.1. The summed E-state index contributed by atoms with van der Waals surface area (Å²) in [6, 6.07) is 6.38. The summed E-state index contributed by atoms with van der Waals surface area (Å²) in [6.07, 6.45) is 0.149. The number of benzene rings is 1.